The van der Waals surface area contributed by atoms with Crippen molar-refractivity contribution in [3.05, 3.63) is 120 Å². The van der Waals surface area contributed by atoms with Crippen molar-refractivity contribution in [2.75, 3.05) is 5.01 Å². The van der Waals surface area contributed by atoms with E-state index in [1.807, 2.05) is 53.9 Å². The molecule has 6 aromatic rings. The van der Waals surface area contributed by atoms with E-state index in [9.17, 15) is 9.18 Å². The number of hydrogen-bond acceptors (Lipinski definition) is 7. The monoisotopic (exact) mass is 678 g/mol. The Morgan fingerprint density at radius 1 is 1.00 bits per heavy atom. The van der Waals surface area contributed by atoms with Crippen LogP contribution in [0.1, 0.15) is 23.6 Å². The minimum atomic E-state index is -0.464. The molecule has 0 fully saturated rings. The van der Waals surface area contributed by atoms with E-state index in [2.05, 4.69) is 27.6 Å². The average molecular weight is 679 g/mol. The average Bonchev–Trinajstić information content (AvgIpc) is 3.60. The second-order valence-corrected chi connectivity index (χ2v) is 11.8. The van der Waals surface area contributed by atoms with E-state index < -0.39 is 5.63 Å². The minimum Gasteiger partial charge on any atom is -0.422 e. The molecule has 4 heterocycles. The third-order valence-electron chi connectivity index (χ3n) is 6.79. The lowest BCUT2D eigenvalue weighted by molar-refractivity contribution is 0.563. The van der Waals surface area contributed by atoms with Gasteiger partial charge in [0.15, 0.2) is 0 Å². The molecule has 3 aromatic carbocycles. The highest BCUT2D eigenvalue weighted by atomic mass is 127. The molecule has 0 saturated heterocycles. The van der Waals surface area contributed by atoms with Crippen molar-refractivity contribution in [2.24, 2.45) is 5.10 Å². The van der Waals surface area contributed by atoms with Gasteiger partial charge in [-0.3, -0.25) is 0 Å². The van der Waals surface area contributed by atoms with E-state index in [1.165, 1.54) is 23.5 Å². The number of hydrazone groups is 1. The van der Waals surface area contributed by atoms with Gasteiger partial charge in [0.05, 0.1) is 28.5 Å². The van der Waals surface area contributed by atoms with Crippen LogP contribution in [-0.4, -0.2) is 15.7 Å². The Labute approximate surface area is 249 Å². The van der Waals surface area contributed by atoms with Gasteiger partial charge in [-0.15, -0.1) is 11.3 Å². The Balaban J connectivity index is 1.34. The quantitative estimate of drug-likeness (QED) is 0.107. The van der Waals surface area contributed by atoms with Crippen molar-refractivity contribution in [3.8, 4) is 11.3 Å². The molecule has 10 heteroatoms. The van der Waals surface area contributed by atoms with Gasteiger partial charge in [0.25, 0.3) is 0 Å². The summed E-state index contributed by atoms with van der Waals surface area (Å²) in [7, 11) is 0. The minimum absolute atomic E-state index is 0.337. The van der Waals surface area contributed by atoms with Gasteiger partial charge in [-0.25, -0.2) is 24.2 Å². The number of pyridine rings is 1. The van der Waals surface area contributed by atoms with Crippen LogP contribution in [0, 0.1) is 9.39 Å². The normalized spacial score (nSPS) is 15.2. The molecule has 7 rings (SSSR count). The van der Waals surface area contributed by atoms with Crippen molar-refractivity contribution >= 4 is 78.2 Å². The first kappa shape index (κ1) is 25.3. The van der Waals surface area contributed by atoms with E-state index in [0.717, 1.165) is 25.4 Å². The molecule has 196 valence electrons. The Morgan fingerprint density at radius 2 is 1.88 bits per heavy atom. The Kier molecular flexibility index (Phi) is 6.37. The fraction of sp³-hybridized carbons (Fsp3) is 0.0667. The summed E-state index contributed by atoms with van der Waals surface area (Å²) in [4.78, 5) is 22.3. The topological polar surface area (TPSA) is 71.6 Å². The van der Waals surface area contributed by atoms with Crippen LogP contribution in [0.25, 0.3) is 33.1 Å². The lowest BCUT2D eigenvalue weighted by Gasteiger charge is -2.22. The number of nitrogens with zero attached hydrogens (tertiary/aromatic N) is 4. The largest absolute Gasteiger partial charge is 0.422 e. The van der Waals surface area contributed by atoms with Crippen molar-refractivity contribution in [1.82, 2.24) is 9.97 Å². The lowest BCUT2D eigenvalue weighted by atomic mass is 9.98. The summed E-state index contributed by atoms with van der Waals surface area (Å²) >= 11 is 10.3. The maximum Gasteiger partial charge on any atom is 0.345 e. The smallest absolute Gasteiger partial charge is 0.345 e. The number of halogens is 3. The summed E-state index contributed by atoms with van der Waals surface area (Å²) in [6.45, 7) is 0. The van der Waals surface area contributed by atoms with Gasteiger partial charge >= 0.3 is 5.63 Å². The molecule has 0 radical (unpaired) electrons. The molecule has 1 aliphatic rings. The molecule has 0 aliphatic carbocycles. The molecule has 1 atom stereocenters. The van der Waals surface area contributed by atoms with Crippen LogP contribution >= 0.6 is 45.5 Å². The van der Waals surface area contributed by atoms with E-state index >= 15 is 0 Å². The van der Waals surface area contributed by atoms with Gasteiger partial charge in [-0.1, -0.05) is 41.9 Å². The van der Waals surface area contributed by atoms with E-state index in [-0.39, 0.29) is 11.9 Å². The zero-order valence-corrected chi connectivity index (χ0v) is 24.2. The maximum absolute atomic E-state index is 14.1. The SMILES string of the molecule is O=c1oc2ccc(I)cc2cc1-c1csc(N2N=C(c3cccc(F)c3)CC2c2cc3ccccc3nc2Cl)n1. The molecule has 1 unspecified atom stereocenters. The molecule has 1 aliphatic heterocycles. The van der Waals surface area contributed by atoms with Gasteiger partial charge in [0.2, 0.25) is 5.13 Å². The third kappa shape index (κ3) is 4.57. The fourth-order valence-electron chi connectivity index (χ4n) is 4.88. The first-order valence-corrected chi connectivity index (χ1v) is 14.6. The van der Waals surface area contributed by atoms with Gasteiger partial charge < -0.3 is 4.42 Å². The second-order valence-electron chi connectivity index (χ2n) is 9.33. The summed E-state index contributed by atoms with van der Waals surface area (Å²) in [5.41, 5.74) is 3.87. The fourth-order valence-corrected chi connectivity index (χ4v) is 6.49. The van der Waals surface area contributed by atoms with Gasteiger partial charge in [-0.2, -0.15) is 5.10 Å². The predicted octanol–water partition coefficient (Wildman–Crippen LogP) is 8.22. The number of aromatic nitrogens is 2. The number of benzene rings is 3. The zero-order chi connectivity index (χ0) is 27.4. The van der Waals surface area contributed by atoms with Crippen molar-refractivity contribution < 1.29 is 8.81 Å². The van der Waals surface area contributed by atoms with Crippen LogP contribution in [0.5, 0.6) is 0 Å². The van der Waals surface area contributed by atoms with Crippen LogP contribution in [0.3, 0.4) is 0 Å². The molecular weight excluding hydrogens is 662 g/mol. The summed E-state index contributed by atoms with van der Waals surface area (Å²) in [5, 5.41) is 11.2. The highest BCUT2D eigenvalue weighted by Gasteiger charge is 2.34. The first-order chi connectivity index (χ1) is 19.4. The number of para-hydroxylation sites is 1. The van der Waals surface area contributed by atoms with Crippen molar-refractivity contribution in [1.29, 1.82) is 0 Å². The van der Waals surface area contributed by atoms with E-state index in [4.69, 9.17) is 26.1 Å². The van der Waals surface area contributed by atoms with E-state index in [1.54, 1.807) is 23.2 Å². The highest BCUT2D eigenvalue weighted by molar-refractivity contribution is 14.1. The number of hydrogen-bond donors (Lipinski definition) is 0. The predicted molar refractivity (Wildman–Crippen MR) is 166 cm³/mol. The summed E-state index contributed by atoms with van der Waals surface area (Å²) in [6.07, 6.45) is 0.467. The van der Waals surface area contributed by atoms with Crippen LogP contribution in [-0.2, 0) is 0 Å². The molecule has 0 bridgehead atoms. The first-order valence-electron chi connectivity index (χ1n) is 12.3. The molecular formula is C30H17ClFIN4O2S. The molecule has 40 heavy (non-hydrogen) atoms. The molecule has 0 saturated carbocycles. The molecule has 0 spiro atoms. The van der Waals surface area contributed by atoms with Crippen LogP contribution in [0.15, 0.2) is 98.6 Å². The van der Waals surface area contributed by atoms with Gasteiger partial charge in [-0.05, 0) is 71.1 Å². The van der Waals surface area contributed by atoms with Crippen molar-refractivity contribution in [2.45, 2.75) is 12.5 Å². The Hall–Kier alpha value is -3.67. The van der Waals surface area contributed by atoms with Crippen LogP contribution in [0.4, 0.5) is 9.52 Å². The van der Waals surface area contributed by atoms with E-state index in [0.29, 0.717) is 44.8 Å². The molecule has 6 nitrogen and oxygen atoms in total. The van der Waals surface area contributed by atoms with Gasteiger partial charge in [0, 0.05) is 37.3 Å². The summed E-state index contributed by atoms with van der Waals surface area (Å²) < 4.78 is 20.7. The zero-order valence-electron chi connectivity index (χ0n) is 20.5. The second kappa shape index (κ2) is 10.1. The Bertz CT molecular complexity index is 2040. The lowest BCUT2D eigenvalue weighted by Crippen LogP contribution is -2.19. The van der Waals surface area contributed by atoms with Gasteiger partial charge in [0.1, 0.15) is 16.6 Å². The van der Waals surface area contributed by atoms with Crippen LogP contribution in [0.2, 0.25) is 5.15 Å². The molecule has 3 aromatic heterocycles. The standard InChI is InChI=1S/C30H17ClFIN4O2S/c31-28-22(12-17-4-1-2-7-23(17)34-28)26-14-24(16-5-3-6-19(32)10-16)36-37(26)30-35-25(15-40-30)21-13-18-11-20(33)8-9-27(18)39-29(21)38/h1-13,15,26H,14H2. The molecule has 0 amide bonds. The molecule has 0 N–H and O–H groups in total. The highest BCUT2D eigenvalue weighted by Crippen LogP contribution is 2.42. The maximum atomic E-state index is 14.1. The third-order valence-corrected chi connectivity index (χ3v) is 8.59. The van der Waals surface area contributed by atoms with Crippen LogP contribution < -0.4 is 10.6 Å². The Morgan fingerprint density at radius 3 is 2.75 bits per heavy atom. The van der Waals surface area contributed by atoms with Crippen molar-refractivity contribution in [3.63, 3.8) is 0 Å². The summed E-state index contributed by atoms with van der Waals surface area (Å²) in [6, 6.07) is 23.2. The number of thiazole rings is 1. The number of anilines is 1. The number of rotatable bonds is 4. The summed E-state index contributed by atoms with van der Waals surface area (Å²) in [5.74, 6) is -0.338. The number of fused-ring (bicyclic) bond motifs is 2.